The number of carbonyl (C=O) groups is 4. The number of thiol groups is 1. The van der Waals surface area contributed by atoms with Gasteiger partial charge in [-0.3, -0.25) is 14.4 Å². The van der Waals surface area contributed by atoms with Crippen LogP contribution in [0.2, 0.25) is 0 Å². The molecule has 0 saturated carbocycles. The molecule has 0 radical (unpaired) electrons. The fraction of sp³-hybridized carbons (Fsp3) is 0.524. The molecule has 0 aliphatic rings. The smallest absolute Gasteiger partial charge is 0.326 e. The van der Waals surface area contributed by atoms with Gasteiger partial charge in [0.1, 0.15) is 18.1 Å². The molecule has 0 spiro atoms. The minimum Gasteiger partial charge on any atom is -0.480 e. The van der Waals surface area contributed by atoms with Crippen molar-refractivity contribution in [2.24, 2.45) is 11.7 Å². The lowest BCUT2D eigenvalue weighted by Gasteiger charge is -2.24. The van der Waals surface area contributed by atoms with E-state index in [1.807, 2.05) is 44.2 Å². The molecule has 1 aromatic rings. The van der Waals surface area contributed by atoms with Gasteiger partial charge in [0, 0.05) is 12.2 Å². The van der Waals surface area contributed by atoms with Crippen molar-refractivity contribution in [3.05, 3.63) is 35.9 Å². The predicted molar refractivity (Wildman–Crippen MR) is 121 cm³/mol. The van der Waals surface area contributed by atoms with Gasteiger partial charge < -0.3 is 26.8 Å². The summed E-state index contributed by atoms with van der Waals surface area (Å²) in [6, 6.07) is 5.15. The van der Waals surface area contributed by atoms with Gasteiger partial charge in [-0.25, -0.2) is 4.79 Å². The van der Waals surface area contributed by atoms with Crippen molar-refractivity contribution in [2.75, 3.05) is 5.75 Å². The molecule has 4 atom stereocenters. The molecule has 0 heterocycles. The van der Waals surface area contributed by atoms with Crippen molar-refractivity contribution in [1.29, 1.82) is 0 Å². The Hall–Kier alpha value is -2.59. The third kappa shape index (κ3) is 9.39. The Morgan fingerprint density at radius 1 is 0.935 bits per heavy atom. The minimum absolute atomic E-state index is 0.0628. The molecule has 4 unspecified atom stereocenters. The van der Waals surface area contributed by atoms with Crippen LogP contribution in [0.1, 0.15) is 32.8 Å². The molecule has 10 heteroatoms. The number of benzene rings is 1. The normalized spacial score (nSPS) is 14.8. The van der Waals surface area contributed by atoms with E-state index in [0.29, 0.717) is 0 Å². The molecule has 1 rings (SSSR count). The lowest BCUT2D eigenvalue weighted by atomic mass is 10.0. The van der Waals surface area contributed by atoms with E-state index >= 15 is 0 Å². The maximum absolute atomic E-state index is 12.8. The molecular formula is C21H32N4O5S. The summed E-state index contributed by atoms with van der Waals surface area (Å²) in [5.41, 5.74) is 6.50. The molecule has 9 nitrogen and oxygen atoms in total. The second-order valence-corrected chi connectivity index (χ2v) is 8.16. The number of nitrogens with two attached hydrogens (primary N) is 1. The molecule has 0 fully saturated rings. The Morgan fingerprint density at radius 2 is 1.52 bits per heavy atom. The molecule has 0 aliphatic heterocycles. The second kappa shape index (κ2) is 13.0. The van der Waals surface area contributed by atoms with Crippen LogP contribution in [0.5, 0.6) is 0 Å². The van der Waals surface area contributed by atoms with E-state index in [1.54, 1.807) is 0 Å². The van der Waals surface area contributed by atoms with Crippen LogP contribution in [0, 0.1) is 5.92 Å². The van der Waals surface area contributed by atoms with Crippen LogP contribution in [0.3, 0.4) is 0 Å². The van der Waals surface area contributed by atoms with Crippen LogP contribution in [-0.4, -0.2) is 58.7 Å². The number of carboxylic acid groups (broad SMARTS) is 1. The molecule has 0 aliphatic carbocycles. The summed E-state index contributed by atoms with van der Waals surface area (Å²) in [6.45, 7) is 5.14. The Bertz CT molecular complexity index is 759. The predicted octanol–water partition coefficient (Wildman–Crippen LogP) is 0.0912. The van der Waals surface area contributed by atoms with Crippen LogP contribution in [-0.2, 0) is 25.6 Å². The number of amides is 3. The van der Waals surface area contributed by atoms with Crippen LogP contribution >= 0.6 is 12.6 Å². The maximum atomic E-state index is 12.8. The highest BCUT2D eigenvalue weighted by Crippen LogP contribution is 2.07. The van der Waals surface area contributed by atoms with Crippen molar-refractivity contribution < 1.29 is 24.3 Å². The summed E-state index contributed by atoms with van der Waals surface area (Å²) in [5.74, 6) is -2.72. The molecule has 3 amide bonds. The summed E-state index contributed by atoms with van der Waals surface area (Å²) in [4.78, 5) is 48.8. The average Bonchev–Trinajstić information content (AvgIpc) is 2.72. The molecule has 0 aromatic heterocycles. The van der Waals surface area contributed by atoms with Gasteiger partial charge in [0.25, 0.3) is 0 Å². The summed E-state index contributed by atoms with van der Waals surface area (Å²) in [7, 11) is 0. The molecule has 0 bridgehead atoms. The lowest BCUT2D eigenvalue weighted by Crippen LogP contribution is -2.57. The van der Waals surface area contributed by atoms with Gasteiger partial charge in [-0.05, 0) is 24.8 Å². The fourth-order valence-corrected chi connectivity index (χ4v) is 2.96. The Labute approximate surface area is 187 Å². The van der Waals surface area contributed by atoms with E-state index in [9.17, 15) is 24.3 Å². The summed E-state index contributed by atoms with van der Waals surface area (Å²) in [5, 5.41) is 16.9. The lowest BCUT2D eigenvalue weighted by molar-refractivity contribution is -0.142. The van der Waals surface area contributed by atoms with Gasteiger partial charge in [0.05, 0.1) is 6.04 Å². The maximum Gasteiger partial charge on any atom is 0.326 e. The molecule has 172 valence electrons. The van der Waals surface area contributed by atoms with Crippen molar-refractivity contribution in [2.45, 2.75) is 57.8 Å². The topological polar surface area (TPSA) is 151 Å². The van der Waals surface area contributed by atoms with E-state index in [-0.39, 0.29) is 24.5 Å². The number of carboxylic acids is 1. The number of carbonyl (C=O) groups excluding carboxylic acids is 3. The first kappa shape index (κ1) is 26.4. The summed E-state index contributed by atoms with van der Waals surface area (Å²) >= 11 is 4.00. The molecule has 6 N–H and O–H groups in total. The number of hydrogen-bond donors (Lipinski definition) is 6. The van der Waals surface area contributed by atoms with Crippen molar-refractivity contribution >= 4 is 36.3 Å². The van der Waals surface area contributed by atoms with Gasteiger partial charge in [-0.1, -0.05) is 44.2 Å². The van der Waals surface area contributed by atoms with Gasteiger partial charge in [0.2, 0.25) is 17.7 Å². The average molecular weight is 453 g/mol. The molecular weight excluding hydrogens is 420 g/mol. The zero-order valence-electron chi connectivity index (χ0n) is 18.0. The van der Waals surface area contributed by atoms with Crippen LogP contribution in [0.25, 0.3) is 0 Å². The number of hydrogen-bond acceptors (Lipinski definition) is 6. The molecule has 0 saturated heterocycles. The fourth-order valence-electron chi connectivity index (χ4n) is 2.79. The van der Waals surface area contributed by atoms with Crippen molar-refractivity contribution in [1.82, 2.24) is 16.0 Å². The van der Waals surface area contributed by atoms with Crippen LogP contribution < -0.4 is 21.7 Å². The summed E-state index contributed by atoms with van der Waals surface area (Å²) in [6.07, 6.45) is 0.452. The Morgan fingerprint density at radius 3 is 2.03 bits per heavy atom. The second-order valence-electron chi connectivity index (χ2n) is 7.80. The first-order chi connectivity index (χ1) is 14.5. The largest absolute Gasteiger partial charge is 0.480 e. The van der Waals surface area contributed by atoms with Gasteiger partial charge in [-0.2, -0.15) is 12.6 Å². The van der Waals surface area contributed by atoms with E-state index in [4.69, 9.17) is 5.73 Å². The van der Waals surface area contributed by atoms with Crippen LogP contribution in [0.15, 0.2) is 30.3 Å². The van der Waals surface area contributed by atoms with E-state index in [2.05, 4.69) is 28.6 Å². The quantitative estimate of drug-likeness (QED) is 0.247. The highest BCUT2D eigenvalue weighted by atomic mass is 32.1. The van der Waals surface area contributed by atoms with E-state index in [1.165, 1.54) is 6.92 Å². The number of nitrogens with one attached hydrogen (secondary N) is 3. The van der Waals surface area contributed by atoms with Crippen molar-refractivity contribution in [3.63, 3.8) is 0 Å². The Balaban J connectivity index is 2.86. The highest BCUT2D eigenvalue weighted by Gasteiger charge is 2.28. The third-order valence-electron chi connectivity index (χ3n) is 4.52. The van der Waals surface area contributed by atoms with Gasteiger partial charge in [-0.15, -0.1) is 0 Å². The molecule has 1 aromatic carbocycles. The first-order valence-electron chi connectivity index (χ1n) is 10.1. The monoisotopic (exact) mass is 452 g/mol. The molecule has 31 heavy (non-hydrogen) atoms. The van der Waals surface area contributed by atoms with Gasteiger partial charge in [0.15, 0.2) is 0 Å². The SMILES string of the molecule is CC(C)CC(NC(=O)C(C)NC(=O)C(Cc1ccccc1)NC(=O)C(N)CS)C(=O)O. The van der Waals surface area contributed by atoms with E-state index < -0.39 is 47.9 Å². The zero-order valence-corrected chi connectivity index (χ0v) is 18.9. The number of rotatable bonds is 12. The number of aliphatic carboxylic acids is 1. The van der Waals surface area contributed by atoms with Crippen molar-refractivity contribution in [3.8, 4) is 0 Å². The standard InChI is InChI=1S/C21H32N4O5S/c1-12(2)9-17(21(29)30)25-18(26)13(3)23-20(28)16(24-19(27)15(22)11-31)10-14-7-5-4-6-8-14/h4-8,12-13,15-17,31H,9-11,22H2,1-3H3,(H,23,28)(H,24,27)(H,25,26)(H,29,30). The zero-order chi connectivity index (χ0) is 23.6. The van der Waals surface area contributed by atoms with Crippen LogP contribution in [0.4, 0.5) is 0 Å². The summed E-state index contributed by atoms with van der Waals surface area (Å²) < 4.78 is 0. The first-order valence-corrected chi connectivity index (χ1v) is 10.7. The highest BCUT2D eigenvalue weighted by molar-refractivity contribution is 7.80. The van der Waals surface area contributed by atoms with E-state index in [0.717, 1.165) is 5.56 Å². The third-order valence-corrected chi connectivity index (χ3v) is 4.92. The Kier molecular flexibility index (Phi) is 11.1. The van der Waals surface area contributed by atoms with Gasteiger partial charge >= 0.3 is 5.97 Å². The minimum atomic E-state index is -1.14.